The molecule has 6 heteroatoms. The van der Waals surface area contributed by atoms with Gasteiger partial charge in [0.2, 0.25) is 5.91 Å². The minimum atomic E-state index is -0.846. The second kappa shape index (κ2) is 6.50. The van der Waals surface area contributed by atoms with Crippen molar-refractivity contribution in [3.63, 3.8) is 0 Å². The molecule has 2 N–H and O–H groups in total. The second-order valence-electron chi connectivity index (χ2n) is 6.30. The topological polar surface area (TPSA) is 46.3 Å². The summed E-state index contributed by atoms with van der Waals surface area (Å²) in [6.45, 7) is 3.37. The molecular formula is C16H21ClF2N2O. The predicted octanol–water partition coefficient (Wildman–Crippen LogP) is 2.69. The zero-order valence-electron chi connectivity index (χ0n) is 12.5. The van der Waals surface area contributed by atoms with Crippen LogP contribution < -0.4 is 5.73 Å². The molecule has 122 valence electrons. The summed E-state index contributed by atoms with van der Waals surface area (Å²) < 4.78 is 26.2. The van der Waals surface area contributed by atoms with Crippen LogP contribution >= 0.6 is 12.4 Å². The minimum absolute atomic E-state index is 0. The Labute approximate surface area is 135 Å². The van der Waals surface area contributed by atoms with Gasteiger partial charge in [0.25, 0.3) is 0 Å². The lowest BCUT2D eigenvalue weighted by Crippen LogP contribution is -2.35. The molecule has 4 unspecified atom stereocenters. The third kappa shape index (κ3) is 3.10. The number of carbonyl (C=O) groups is 1. The molecule has 1 aromatic rings. The quantitative estimate of drug-likeness (QED) is 0.926. The molecule has 4 atom stereocenters. The molecule has 3 rings (SSSR count). The Morgan fingerprint density at radius 1 is 1.32 bits per heavy atom. The van der Waals surface area contributed by atoms with Crippen LogP contribution in [0.4, 0.5) is 8.78 Å². The zero-order valence-corrected chi connectivity index (χ0v) is 13.3. The van der Waals surface area contributed by atoms with Gasteiger partial charge in [-0.25, -0.2) is 8.78 Å². The highest BCUT2D eigenvalue weighted by molar-refractivity contribution is 5.85. The molecule has 0 aromatic heterocycles. The van der Waals surface area contributed by atoms with Gasteiger partial charge in [-0.15, -0.1) is 12.4 Å². The molecule has 1 heterocycles. The maximum absolute atomic E-state index is 13.3. The van der Waals surface area contributed by atoms with Crippen LogP contribution in [0.5, 0.6) is 0 Å². The Morgan fingerprint density at radius 3 is 2.64 bits per heavy atom. The average molecular weight is 331 g/mol. The third-order valence-corrected chi connectivity index (χ3v) is 4.76. The van der Waals surface area contributed by atoms with Gasteiger partial charge in [0.1, 0.15) is 0 Å². The molecule has 1 aliphatic carbocycles. The van der Waals surface area contributed by atoms with Crippen molar-refractivity contribution >= 4 is 18.3 Å². The van der Waals surface area contributed by atoms with E-state index in [2.05, 4.69) is 0 Å². The zero-order chi connectivity index (χ0) is 15.1. The van der Waals surface area contributed by atoms with Gasteiger partial charge in [0, 0.05) is 18.5 Å². The van der Waals surface area contributed by atoms with E-state index in [1.54, 1.807) is 6.07 Å². The SMILES string of the molecule is CC1CC(CN)CN1C(=O)C1CC1c1ccc(F)c(F)c1.Cl. The second-order valence-corrected chi connectivity index (χ2v) is 6.30. The molecule has 22 heavy (non-hydrogen) atoms. The Balaban J connectivity index is 0.00000176. The summed E-state index contributed by atoms with van der Waals surface area (Å²) >= 11 is 0. The van der Waals surface area contributed by atoms with Gasteiger partial charge in [-0.1, -0.05) is 6.07 Å². The van der Waals surface area contributed by atoms with Gasteiger partial charge >= 0.3 is 0 Å². The highest BCUT2D eigenvalue weighted by Crippen LogP contribution is 2.49. The van der Waals surface area contributed by atoms with E-state index in [9.17, 15) is 13.6 Å². The lowest BCUT2D eigenvalue weighted by atomic mass is 10.1. The third-order valence-electron chi connectivity index (χ3n) is 4.76. The molecule has 0 bridgehead atoms. The molecule has 0 radical (unpaired) electrons. The van der Waals surface area contributed by atoms with Crippen LogP contribution in [0.1, 0.15) is 31.2 Å². The minimum Gasteiger partial charge on any atom is -0.339 e. The Kier molecular flexibility index (Phi) is 5.07. The van der Waals surface area contributed by atoms with Gasteiger partial charge in [0.15, 0.2) is 11.6 Å². The number of hydrogen-bond donors (Lipinski definition) is 1. The van der Waals surface area contributed by atoms with Crippen molar-refractivity contribution in [1.29, 1.82) is 0 Å². The molecule has 1 amide bonds. The van der Waals surface area contributed by atoms with Crippen molar-refractivity contribution < 1.29 is 13.6 Å². The van der Waals surface area contributed by atoms with E-state index < -0.39 is 11.6 Å². The Hall–Kier alpha value is -1.20. The number of carbonyl (C=O) groups excluding carboxylic acids is 1. The van der Waals surface area contributed by atoms with Crippen molar-refractivity contribution in [2.45, 2.75) is 31.7 Å². The van der Waals surface area contributed by atoms with Crippen LogP contribution in [0.2, 0.25) is 0 Å². The molecule has 1 aromatic carbocycles. The summed E-state index contributed by atoms with van der Waals surface area (Å²) in [7, 11) is 0. The van der Waals surface area contributed by atoms with Crippen LogP contribution in [0.3, 0.4) is 0 Å². The molecule has 2 fully saturated rings. The summed E-state index contributed by atoms with van der Waals surface area (Å²) in [5.41, 5.74) is 6.40. The average Bonchev–Trinajstić information content (AvgIpc) is 3.17. The normalized spacial score (nSPS) is 30.1. The highest BCUT2D eigenvalue weighted by Gasteiger charge is 2.48. The number of nitrogens with zero attached hydrogens (tertiary/aromatic N) is 1. The van der Waals surface area contributed by atoms with Gasteiger partial charge < -0.3 is 10.6 Å². The smallest absolute Gasteiger partial charge is 0.226 e. The molecular weight excluding hydrogens is 310 g/mol. The van der Waals surface area contributed by atoms with Crippen molar-refractivity contribution in [3.8, 4) is 0 Å². The number of halogens is 3. The van der Waals surface area contributed by atoms with Gasteiger partial charge in [-0.05, 0) is 55.8 Å². The molecule has 2 aliphatic rings. The summed E-state index contributed by atoms with van der Waals surface area (Å²) in [5, 5.41) is 0. The van der Waals surface area contributed by atoms with Gasteiger partial charge in [-0.2, -0.15) is 0 Å². The van der Waals surface area contributed by atoms with Crippen LogP contribution in [0.25, 0.3) is 0 Å². The van der Waals surface area contributed by atoms with Crippen molar-refractivity contribution in [2.24, 2.45) is 17.6 Å². The molecule has 0 spiro atoms. The largest absolute Gasteiger partial charge is 0.339 e. The fourth-order valence-electron chi connectivity index (χ4n) is 3.41. The van der Waals surface area contributed by atoms with E-state index in [1.165, 1.54) is 6.07 Å². The van der Waals surface area contributed by atoms with E-state index in [-0.39, 0.29) is 36.2 Å². The highest BCUT2D eigenvalue weighted by atomic mass is 35.5. The first-order valence-electron chi connectivity index (χ1n) is 7.46. The first-order valence-corrected chi connectivity index (χ1v) is 7.46. The first kappa shape index (κ1) is 17.2. The molecule has 1 saturated heterocycles. The molecule has 1 saturated carbocycles. The van der Waals surface area contributed by atoms with Crippen LogP contribution in [-0.4, -0.2) is 29.9 Å². The fraction of sp³-hybridized carbons (Fsp3) is 0.562. The van der Waals surface area contributed by atoms with Crippen molar-refractivity contribution in [1.82, 2.24) is 4.90 Å². The van der Waals surface area contributed by atoms with Crippen molar-refractivity contribution in [2.75, 3.05) is 13.1 Å². The van der Waals surface area contributed by atoms with Crippen molar-refractivity contribution in [3.05, 3.63) is 35.4 Å². The Morgan fingerprint density at radius 2 is 2.05 bits per heavy atom. The van der Waals surface area contributed by atoms with Crippen LogP contribution in [0.15, 0.2) is 18.2 Å². The standard InChI is InChI=1S/C16H20F2N2O.ClH/c1-9-4-10(7-19)8-20(9)16(21)13-6-12(13)11-2-3-14(17)15(18)5-11;/h2-3,5,9-10,12-13H,4,6-8,19H2,1H3;1H. The summed E-state index contributed by atoms with van der Waals surface area (Å²) in [5.74, 6) is -1.24. The Bertz CT molecular complexity index is 569. The fourth-order valence-corrected chi connectivity index (χ4v) is 3.41. The van der Waals surface area contributed by atoms with E-state index in [1.807, 2.05) is 11.8 Å². The lowest BCUT2D eigenvalue weighted by molar-refractivity contribution is -0.133. The van der Waals surface area contributed by atoms with E-state index >= 15 is 0 Å². The van der Waals surface area contributed by atoms with E-state index in [0.29, 0.717) is 12.5 Å². The summed E-state index contributed by atoms with van der Waals surface area (Å²) in [4.78, 5) is 14.4. The molecule has 3 nitrogen and oxygen atoms in total. The number of rotatable bonds is 3. The predicted molar refractivity (Wildman–Crippen MR) is 82.8 cm³/mol. The number of hydrogen-bond acceptors (Lipinski definition) is 2. The summed E-state index contributed by atoms with van der Waals surface area (Å²) in [6.07, 6.45) is 1.67. The maximum Gasteiger partial charge on any atom is 0.226 e. The van der Waals surface area contributed by atoms with Gasteiger partial charge in [-0.3, -0.25) is 4.79 Å². The summed E-state index contributed by atoms with van der Waals surface area (Å²) in [6, 6.07) is 4.14. The maximum atomic E-state index is 13.3. The number of nitrogens with two attached hydrogens (primary N) is 1. The first-order chi connectivity index (χ1) is 10.0. The monoisotopic (exact) mass is 330 g/mol. The number of amides is 1. The number of benzene rings is 1. The van der Waals surface area contributed by atoms with Crippen LogP contribution in [0, 0.1) is 23.5 Å². The number of likely N-dealkylation sites (tertiary alicyclic amines) is 1. The van der Waals surface area contributed by atoms with E-state index in [0.717, 1.165) is 31.0 Å². The van der Waals surface area contributed by atoms with E-state index in [4.69, 9.17) is 5.73 Å². The lowest BCUT2D eigenvalue weighted by Gasteiger charge is -2.21. The van der Waals surface area contributed by atoms with Gasteiger partial charge in [0.05, 0.1) is 0 Å². The molecule has 1 aliphatic heterocycles. The van der Waals surface area contributed by atoms with Crippen LogP contribution in [-0.2, 0) is 4.79 Å².